The number of aryl methyl sites for hydroxylation is 1. The molecule has 0 radical (unpaired) electrons. The molecule has 0 aliphatic carbocycles. The average Bonchev–Trinajstić information content (AvgIpc) is 3.35. The molecule has 0 fully saturated rings. The van der Waals surface area contributed by atoms with E-state index in [0.717, 1.165) is 10.9 Å². The Kier molecular flexibility index (Phi) is 4.71. The van der Waals surface area contributed by atoms with E-state index in [9.17, 15) is 4.79 Å². The van der Waals surface area contributed by atoms with Crippen LogP contribution in [-0.2, 0) is 6.61 Å². The van der Waals surface area contributed by atoms with Crippen LogP contribution in [0.1, 0.15) is 41.0 Å². The monoisotopic (exact) mass is 378 g/mol. The van der Waals surface area contributed by atoms with E-state index < -0.39 is 0 Å². The van der Waals surface area contributed by atoms with E-state index in [1.807, 2.05) is 30.3 Å². The molecule has 4 aromatic rings. The smallest absolute Gasteiger partial charge is 0.273 e. The van der Waals surface area contributed by atoms with E-state index in [1.165, 1.54) is 6.26 Å². The van der Waals surface area contributed by atoms with E-state index in [2.05, 4.69) is 30.5 Å². The predicted molar refractivity (Wildman–Crippen MR) is 99.6 cm³/mol. The third-order valence-electron chi connectivity index (χ3n) is 4.08. The van der Waals surface area contributed by atoms with Crippen LogP contribution in [0.3, 0.4) is 0 Å². The topological polar surface area (TPSA) is 119 Å². The van der Waals surface area contributed by atoms with Crippen LogP contribution in [0.2, 0.25) is 0 Å². The van der Waals surface area contributed by atoms with Crippen molar-refractivity contribution in [3.8, 4) is 5.75 Å². The summed E-state index contributed by atoms with van der Waals surface area (Å²) in [4.78, 5) is 25.1. The maximum atomic E-state index is 12.3. The Morgan fingerprint density at radius 3 is 2.96 bits per heavy atom. The normalized spacial score (nSPS) is 12.1. The minimum absolute atomic E-state index is 0.0820. The molecule has 0 bridgehead atoms. The lowest BCUT2D eigenvalue weighted by molar-refractivity contribution is 0.0933. The number of aromatic nitrogens is 5. The molecule has 1 aromatic carbocycles. The number of amides is 1. The van der Waals surface area contributed by atoms with E-state index in [0.29, 0.717) is 23.3 Å². The maximum absolute atomic E-state index is 12.3. The van der Waals surface area contributed by atoms with Gasteiger partial charge in [0, 0.05) is 11.6 Å². The summed E-state index contributed by atoms with van der Waals surface area (Å²) >= 11 is 0. The van der Waals surface area contributed by atoms with Crippen LogP contribution in [0.25, 0.3) is 10.9 Å². The molecule has 4 rings (SSSR count). The third-order valence-corrected chi connectivity index (χ3v) is 4.08. The third kappa shape index (κ3) is 3.68. The molecule has 28 heavy (non-hydrogen) atoms. The fourth-order valence-corrected chi connectivity index (χ4v) is 2.70. The number of carbonyl (C=O) groups is 1. The Balaban J connectivity index is 1.40. The van der Waals surface area contributed by atoms with Gasteiger partial charge in [-0.1, -0.05) is 18.2 Å². The molecular formula is C19H18N6O3. The summed E-state index contributed by atoms with van der Waals surface area (Å²) in [7, 11) is 0. The van der Waals surface area contributed by atoms with E-state index >= 15 is 0 Å². The van der Waals surface area contributed by atoms with Crippen molar-refractivity contribution in [1.29, 1.82) is 0 Å². The lowest BCUT2D eigenvalue weighted by Gasteiger charge is -2.08. The van der Waals surface area contributed by atoms with Gasteiger partial charge in [-0.25, -0.2) is 9.97 Å². The van der Waals surface area contributed by atoms with E-state index in [1.54, 1.807) is 20.0 Å². The number of hydrogen-bond donors (Lipinski definition) is 2. The number of oxazole rings is 1. The fourth-order valence-electron chi connectivity index (χ4n) is 2.70. The van der Waals surface area contributed by atoms with Crippen molar-refractivity contribution >= 4 is 16.8 Å². The second kappa shape index (κ2) is 7.47. The van der Waals surface area contributed by atoms with Gasteiger partial charge in [0.1, 0.15) is 23.4 Å². The quantitative estimate of drug-likeness (QED) is 0.529. The van der Waals surface area contributed by atoms with Crippen molar-refractivity contribution in [3.05, 3.63) is 66.0 Å². The zero-order chi connectivity index (χ0) is 19.5. The number of fused-ring (bicyclic) bond motifs is 1. The molecule has 0 unspecified atom stereocenters. The molecule has 3 aromatic heterocycles. The summed E-state index contributed by atoms with van der Waals surface area (Å²) in [5.41, 5.74) is 0.916. The number of nitrogens with one attached hydrogen (secondary N) is 2. The van der Waals surface area contributed by atoms with Crippen LogP contribution in [0.15, 0.2) is 47.2 Å². The van der Waals surface area contributed by atoms with Gasteiger partial charge in [0.15, 0.2) is 18.1 Å². The first-order valence-corrected chi connectivity index (χ1v) is 8.71. The summed E-state index contributed by atoms with van der Waals surface area (Å²) in [5, 5.41) is 10.5. The number of para-hydroxylation sites is 1. The van der Waals surface area contributed by atoms with Crippen LogP contribution >= 0.6 is 0 Å². The summed E-state index contributed by atoms with van der Waals surface area (Å²) in [6, 6.07) is 9.13. The second-order valence-corrected chi connectivity index (χ2v) is 6.22. The molecule has 142 valence electrons. The highest BCUT2D eigenvalue weighted by atomic mass is 16.5. The van der Waals surface area contributed by atoms with Gasteiger partial charge in [-0.2, -0.15) is 5.10 Å². The predicted octanol–water partition coefficient (Wildman–Crippen LogP) is 2.72. The molecule has 1 amide bonds. The van der Waals surface area contributed by atoms with Gasteiger partial charge in [0.2, 0.25) is 5.89 Å². The van der Waals surface area contributed by atoms with Crippen LogP contribution in [0, 0.1) is 6.92 Å². The lowest BCUT2D eigenvalue weighted by Crippen LogP contribution is -2.27. The number of carbonyl (C=O) groups excluding carboxylic acids is 1. The minimum atomic E-state index is -0.378. The highest BCUT2D eigenvalue weighted by Crippen LogP contribution is 2.23. The SMILES string of the molecule is Cc1nc([C@@H](C)NC(=O)c2coc(COc3cccc4cccnc34)n2)n[nH]1. The molecule has 1 atom stereocenters. The number of nitrogens with zero attached hydrogens (tertiary/aromatic N) is 4. The summed E-state index contributed by atoms with van der Waals surface area (Å²) in [5.74, 6) is 1.72. The molecule has 0 aliphatic heterocycles. The van der Waals surface area contributed by atoms with Gasteiger partial charge in [-0.3, -0.25) is 14.9 Å². The molecule has 0 aliphatic rings. The Bertz CT molecular complexity index is 1110. The summed E-state index contributed by atoms with van der Waals surface area (Å²) < 4.78 is 11.1. The highest BCUT2D eigenvalue weighted by Gasteiger charge is 2.18. The largest absolute Gasteiger partial charge is 0.482 e. The number of pyridine rings is 1. The number of ether oxygens (including phenoxy) is 1. The van der Waals surface area contributed by atoms with Gasteiger partial charge in [0.05, 0.1) is 6.04 Å². The second-order valence-electron chi connectivity index (χ2n) is 6.22. The van der Waals surface area contributed by atoms with Crippen molar-refractivity contribution < 1.29 is 13.9 Å². The first-order valence-electron chi connectivity index (χ1n) is 8.71. The van der Waals surface area contributed by atoms with Gasteiger partial charge >= 0.3 is 0 Å². The molecule has 0 saturated carbocycles. The van der Waals surface area contributed by atoms with Gasteiger partial charge < -0.3 is 14.5 Å². The Morgan fingerprint density at radius 2 is 2.14 bits per heavy atom. The molecule has 9 heteroatoms. The van der Waals surface area contributed by atoms with Crippen LogP contribution in [-0.4, -0.2) is 31.1 Å². The Morgan fingerprint density at radius 1 is 1.29 bits per heavy atom. The van der Waals surface area contributed by atoms with Crippen molar-refractivity contribution in [3.63, 3.8) is 0 Å². The standard InChI is InChI=1S/C19H18N6O3/c1-11(18-22-12(2)24-25-18)21-19(26)14-9-28-16(23-14)10-27-15-7-3-5-13-6-4-8-20-17(13)15/h3-9,11H,10H2,1-2H3,(H,21,26)(H,22,24,25)/t11-/m1/s1. The van der Waals surface area contributed by atoms with Gasteiger partial charge in [0.25, 0.3) is 5.91 Å². The van der Waals surface area contributed by atoms with Crippen molar-refractivity contribution in [2.24, 2.45) is 0 Å². The Hall–Kier alpha value is -3.75. The van der Waals surface area contributed by atoms with E-state index in [-0.39, 0.29) is 24.2 Å². The molecule has 0 saturated heterocycles. The maximum Gasteiger partial charge on any atom is 0.273 e. The molecule has 3 heterocycles. The van der Waals surface area contributed by atoms with Crippen molar-refractivity contribution in [1.82, 2.24) is 30.5 Å². The molecular weight excluding hydrogens is 360 g/mol. The van der Waals surface area contributed by atoms with Crippen LogP contribution in [0.5, 0.6) is 5.75 Å². The first-order chi connectivity index (χ1) is 13.6. The fraction of sp³-hybridized carbons (Fsp3) is 0.211. The Labute approximate surface area is 160 Å². The van der Waals surface area contributed by atoms with Crippen molar-refractivity contribution in [2.75, 3.05) is 0 Å². The number of rotatable bonds is 6. The highest BCUT2D eigenvalue weighted by molar-refractivity contribution is 5.92. The van der Waals surface area contributed by atoms with Gasteiger partial charge in [-0.15, -0.1) is 0 Å². The number of aromatic amines is 1. The summed E-state index contributed by atoms with van der Waals surface area (Å²) in [6.07, 6.45) is 3.00. The lowest BCUT2D eigenvalue weighted by atomic mass is 10.2. The molecule has 0 spiro atoms. The number of H-pyrrole nitrogens is 1. The van der Waals surface area contributed by atoms with Crippen LogP contribution < -0.4 is 10.1 Å². The van der Waals surface area contributed by atoms with Crippen LogP contribution in [0.4, 0.5) is 0 Å². The average molecular weight is 378 g/mol. The zero-order valence-corrected chi connectivity index (χ0v) is 15.3. The minimum Gasteiger partial charge on any atom is -0.482 e. The van der Waals surface area contributed by atoms with Crippen molar-refractivity contribution in [2.45, 2.75) is 26.5 Å². The number of hydrogen-bond acceptors (Lipinski definition) is 7. The molecule has 9 nitrogen and oxygen atoms in total. The zero-order valence-electron chi connectivity index (χ0n) is 15.3. The first kappa shape index (κ1) is 17.7. The summed E-state index contributed by atoms with van der Waals surface area (Å²) in [6.45, 7) is 3.66. The molecule has 2 N–H and O–H groups in total. The van der Waals surface area contributed by atoms with Gasteiger partial charge in [-0.05, 0) is 26.0 Å². The number of benzene rings is 1. The van der Waals surface area contributed by atoms with E-state index in [4.69, 9.17) is 9.15 Å².